The van der Waals surface area contributed by atoms with Crippen molar-refractivity contribution in [2.75, 3.05) is 19.7 Å². The summed E-state index contributed by atoms with van der Waals surface area (Å²) in [5, 5.41) is 13.3. The molecule has 0 saturated heterocycles. The number of carbonyl (C=O) groups is 1. The second kappa shape index (κ2) is 15.9. The molecule has 1 amide bonds. The maximum absolute atomic E-state index is 13.5. The van der Waals surface area contributed by atoms with Gasteiger partial charge >= 0.3 is 258 Å². The fourth-order valence-corrected chi connectivity index (χ4v) is 8.21. The van der Waals surface area contributed by atoms with Crippen LogP contribution in [0.4, 0.5) is 0 Å². The molecule has 4 atom stereocenters. The van der Waals surface area contributed by atoms with Crippen LogP contribution in [0, 0.1) is 5.92 Å². The number of nitrogens with zero attached hydrogens (tertiary/aromatic N) is 1. The van der Waals surface area contributed by atoms with E-state index in [0.29, 0.717) is 32.4 Å². The summed E-state index contributed by atoms with van der Waals surface area (Å²) < 4.78 is 29.3. The normalized spacial score (nSPS) is 13.5. The summed E-state index contributed by atoms with van der Waals surface area (Å²) in [6.07, 6.45) is 1.90. The van der Waals surface area contributed by atoms with E-state index in [-0.39, 0.29) is 34.0 Å². The molecule has 0 radical (unpaired) electrons. The first-order chi connectivity index (χ1) is 19.1. The van der Waals surface area contributed by atoms with E-state index in [9.17, 15) is 18.3 Å². The van der Waals surface area contributed by atoms with E-state index in [0.717, 1.165) is 15.5 Å². The molecule has 6 nitrogen and oxygen atoms in total. The molecule has 0 saturated carbocycles. The molecular weight excluding hydrogens is 646 g/mol. The van der Waals surface area contributed by atoms with Gasteiger partial charge in [-0.25, -0.2) is 0 Å². The molecule has 9 heteroatoms. The van der Waals surface area contributed by atoms with Crippen molar-refractivity contribution in [1.82, 2.24) is 9.62 Å². The van der Waals surface area contributed by atoms with Gasteiger partial charge in [-0.1, -0.05) is 0 Å². The van der Waals surface area contributed by atoms with Crippen LogP contribution in [0.2, 0.25) is 4.71 Å². The van der Waals surface area contributed by atoms with Crippen molar-refractivity contribution >= 4 is 54.0 Å². The molecule has 0 aliphatic heterocycles. The van der Waals surface area contributed by atoms with E-state index in [1.165, 1.54) is 38.0 Å². The predicted octanol–water partition coefficient (Wildman–Crippen LogP) is 2.49. The van der Waals surface area contributed by atoms with Crippen LogP contribution in [-0.2, 0) is 14.8 Å². The summed E-state index contributed by atoms with van der Waals surface area (Å²) >= 11 is 2.84. The number of benzene rings is 3. The van der Waals surface area contributed by atoms with E-state index in [2.05, 4.69) is 29.6 Å². The van der Waals surface area contributed by atoms with E-state index < -0.39 is 16.1 Å². The van der Waals surface area contributed by atoms with Gasteiger partial charge in [-0.15, -0.1) is 0 Å². The van der Waals surface area contributed by atoms with Crippen LogP contribution in [0.15, 0.2) is 89.8 Å². The van der Waals surface area contributed by atoms with Gasteiger partial charge in [0.05, 0.1) is 0 Å². The van der Waals surface area contributed by atoms with Crippen LogP contribution in [0.25, 0.3) is 0 Å². The van der Waals surface area contributed by atoms with Crippen molar-refractivity contribution in [1.29, 1.82) is 0 Å². The molecule has 0 bridgehead atoms. The van der Waals surface area contributed by atoms with Gasteiger partial charge < -0.3 is 0 Å². The number of hydrogen-bond donors (Lipinski definition) is 2. The second-order valence-electron chi connectivity index (χ2n) is 10.5. The topological polar surface area (TPSA) is 86.7 Å². The summed E-state index contributed by atoms with van der Waals surface area (Å²) in [6, 6.07) is 26.7. The van der Waals surface area contributed by atoms with E-state index in [1.807, 2.05) is 62.4 Å². The van der Waals surface area contributed by atoms with Crippen molar-refractivity contribution in [2.24, 2.45) is 5.92 Å². The minimum absolute atomic E-state index is 0.0150. The van der Waals surface area contributed by atoms with Gasteiger partial charge in [-0.05, 0) is 0 Å². The van der Waals surface area contributed by atoms with Crippen molar-refractivity contribution in [3.63, 3.8) is 0 Å². The molecule has 0 aliphatic rings. The first-order valence-electron chi connectivity index (χ1n) is 13.8. The predicted molar refractivity (Wildman–Crippen MR) is 168 cm³/mol. The monoisotopic (exact) mass is 688 g/mol. The van der Waals surface area contributed by atoms with Gasteiger partial charge in [-0.2, -0.15) is 0 Å². The third-order valence-electron chi connectivity index (χ3n) is 6.89. The number of amides is 1. The number of unbranched alkanes of at least 4 members (excludes halogenated alkanes) is 1. The Hall–Kier alpha value is -1.88. The number of carbonyl (C=O) groups excluding carboxylic acids is 1. The van der Waals surface area contributed by atoms with Gasteiger partial charge in [0.1, 0.15) is 0 Å². The molecule has 3 aromatic carbocycles. The van der Waals surface area contributed by atoms with Gasteiger partial charge in [-0.3, -0.25) is 0 Å². The van der Waals surface area contributed by atoms with E-state index >= 15 is 0 Å². The minimum atomic E-state index is -3.74. The van der Waals surface area contributed by atoms with Crippen molar-refractivity contribution in [3.8, 4) is 0 Å². The molecule has 3 rings (SSSR count). The molecule has 3 aromatic rings. The first kappa shape index (κ1) is 32.6. The van der Waals surface area contributed by atoms with Crippen LogP contribution >= 0.6 is 0 Å². The molecule has 3 unspecified atom stereocenters. The average molecular weight is 689 g/mol. The Morgan fingerprint density at radius 2 is 1.45 bits per heavy atom. The zero-order valence-corrected chi connectivity index (χ0v) is 29.0. The van der Waals surface area contributed by atoms with Gasteiger partial charge in [0, 0.05) is 0 Å². The van der Waals surface area contributed by atoms with Crippen LogP contribution in [0.3, 0.4) is 0 Å². The summed E-state index contributed by atoms with van der Waals surface area (Å²) in [7, 11) is -3.74. The second-order valence-corrected chi connectivity index (χ2v) is 15.3. The third-order valence-corrected chi connectivity index (χ3v) is 11.1. The van der Waals surface area contributed by atoms with Gasteiger partial charge in [0.2, 0.25) is 0 Å². The number of aliphatic hydroxyl groups excluding tert-OH is 1. The van der Waals surface area contributed by atoms with Crippen LogP contribution in [-0.4, -0.2) is 83.2 Å². The van der Waals surface area contributed by atoms with Crippen molar-refractivity contribution in [3.05, 3.63) is 96.1 Å². The summed E-state index contributed by atoms with van der Waals surface area (Å²) in [5.41, 5.74) is 2.23. The molecule has 0 aliphatic carbocycles. The first-order valence-corrected chi connectivity index (χ1v) is 17.8. The Balaban J connectivity index is 1.60. The third kappa shape index (κ3) is 9.06. The molecule has 2 N–H and O–H groups in total. The van der Waals surface area contributed by atoms with Crippen LogP contribution in [0.5, 0.6) is 0 Å². The Kier molecular flexibility index (Phi) is 13.0. The number of sulfonamides is 1. The maximum atomic E-state index is 13.5. The number of rotatable bonds is 15. The number of hydrogen-bond acceptors (Lipinski definition) is 4. The SMILES string of the molecule is CC(C)CN(C(CO)CCCCNC(=O)[C@@H]([AsH2])C(c1ccccc1)c1ccccc1)S(=O)(=O)c1ccc([AsH2])cc1. The van der Waals surface area contributed by atoms with Crippen LogP contribution in [0.1, 0.15) is 50.2 Å². The zero-order valence-electron chi connectivity index (χ0n) is 23.3. The number of aliphatic hydroxyl groups is 1. The number of nitrogens with one attached hydrogen (secondary N) is 1. The Morgan fingerprint density at radius 3 is 1.95 bits per heavy atom. The van der Waals surface area contributed by atoms with Crippen molar-refractivity contribution < 1.29 is 18.3 Å². The molecule has 40 heavy (non-hydrogen) atoms. The van der Waals surface area contributed by atoms with Crippen molar-refractivity contribution in [2.45, 2.75) is 54.7 Å². The summed E-state index contributed by atoms with van der Waals surface area (Å²) in [5.74, 6) is 0.0994. The Morgan fingerprint density at radius 1 is 0.900 bits per heavy atom. The van der Waals surface area contributed by atoms with Crippen LogP contribution < -0.4 is 9.67 Å². The summed E-state index contributed by atoms with van der Waals surface area (Å²) in [4.78, 5) is 13.5. The quantitative estimate of drug-likeness (QED) is 0.190. The molecule has 0 fully saturated rings. The fraction of sp³-hybridized carbons (Fsp3) is 0.387. The van der Waals surface area contributed by atoms with E-state index in [4.69, 9.17) is 0 Å². The van der Waals surface area contributed by atoms with Gasteiger partial charge in [0.25, 0.3) is 0 Å². The molecule has 216 valence electrons. The standard InChI is InChI=1S/C31H42As2N2O4S/c1-23(2)21-35(40(38,39)28-18-16-26(32)17-19-28)27(22-36)15-9-10-20-34-31(37)30(33)29(24-11-5-3-6-12-24)25-13-7-4-8-14-25/h3-8,11-14,16-19,23,27,29-30,36H,9-10,15,20-22,32-33H2,1-2H3,(H,34,37)/t27?,30-/m0/s1. The van der Waals surface area contributed by atoms with Gasteiger partial charge in [0.15, 0.2) is 0 Å². The molecule has 0 aromatic heterocycles. The Labute approximate surface area is 257 Å². The average Bonchev–Trinajstić information content (AvgIpc) is 2.95. The molecule has 0 heterocycles. The molecule has 0 spiro atoms. The zero-order chi connectivity index (χ0) is 29.1. The molecular formula is C31H42As2N2O4S. The summed E-state index contributed by atoms with van der Waals surface area (Å²) in [6.45, 7) is 4.55. The fourth-order valence-electron chi connectivity index (χ4n) is 4.82. The van der Waals surface area contributed by atoms with E-state index in [1.54, 1.807) is 12.1 Å². The Bertz CT molecular complexity index is 1250.